The summed E-state index contributed by atoms with van der Waals surface area (Å²) < 4.78 is 7.00. The Bertz CT molecular complexity index is 1850. The Morgan fingerprint density at radius 1 is 0.656 bits per heavy atom. The maximum Gasteiger partial charge on any atom is 0.365 e. The lowest BCUT2D eigenvalue weighted by Crippen LogP contribution is -2.27. The highest BCUT2D eigenvalue weighted by Crippen LogP contribution is 2.31. The lowest BCUT2D eigenvalue weighted by atomic mass is 10.1. The molecule has 7 aromatic rings. The zero-order valence-corrected chi connectivity index (χ0v) is 17.9. The Labute approximate surface area is 184 Å². The first-order valence-electron chi connectivity index (χ1n) is 10.9. The molecule has 0 aliphatic heterocycles. The summed E-state index contributed by atoms with van der Waals surface area (Å²) in [5.41, 5.74) is 8.11. The molecule has 0 bridgehead atoms. The van der Waals surface area contributed by atoms with Crippen molar-refractivity contribution in [1.29, 1.82) is 0 Å². The van der Waals surface area contributed by atoms with E-state index < -0.39 is 0 Å². The Morgan fingerprint density at radius 3 is 2.22 bits per heavy atom. The van der Waals surface area contributed by atoms with Gasteiger partial charge in [-0.3, -0.25) is 0 Å². The molecule has 0 saturated carbocycles. The molecular formula is C28H21N4+. The molecule has 0 aliphatic carbocycles. The van der Waals surface area contributed by atoms with E-state index in [1.54, 1.807) is 0 Å². The summed E-state index contributed by atoms with van der Waals surface area (Å²) in [7, 11) is 0. The van der Waals surface area contributed by atoms with Gasteiger partial charge in [-0.25, -0.2) is 8.97 Å². The molecule has 4 aromatic carbocycles. The van der Waals surface area contributed by atoms with Gasteiger partial charge in [0.1, 0.15) is 16.6 Å². The minimum atomic E-state index is 0.942. The van der Waals surface area contributed by atoms with Gasteiger partial charge in [0.05, 0.1) is 11.2 Å². The van der Waals surface area contributed by atoms with Crippen LogP contribution in [0.15, 0.2) is 91.0 Å². The molecule has 0 aliphatic rings. The zero-order chi connectivity index (χ0) is 21.4. The number of aromatic nitrogens is 4. The van der Waals surface area contributed by atoms with Crippen molar-refractivity contribution in [2.24, 2.45) is 0 Å². The number of aryl methyl sites for hydroxylation is 2. The van der Waals surface area contributed by atoms with Crippen molar-refractivity contribution in [3.63, 3.8) is 0 Å². The van der Waals surface area contributed by atoms with Gasteiger partial charge in [-0.1, -0.05) is 60.7 Å². The van der Waals surface area contributed by atoms with Crippen LogP contribution in [0.2, 0.25) is 0 Å². The van der Waals surface area contributed by atoms with Crippen molar-refractivity contribution < 1.29 is 4.40 Å². The number of para-hydroxylation sites is 5. The topological polar surface area (TPSA) is 26.3 Å². The van der Waals surface area contributed by atoms with Crippen LogP contribution < -0.4 is 4.40 Å². The minimum absolute atomic E-state index is 0.942. The molecule has 7 rings (SSSR count). The first kappa shape index (κ1) is 17.5. The van der Waals surface area contributed by atoms with Gasteiger partial charge in [0.2, 0.25) is 0 Å². The predicted octanol–water partition coefficient (Wildman–Crippen LogP) is 5.94. The van der Waals surface area contributed by atoms with Gasteiger partial charge in [-0.05, 0) is 42.8 Å². The number of benzene rings is 4. The van der Waals surface area contributed by atoms with E-state index in [0.29, 0.717) is 0 Å². The van der Waals surface area contributed by atoms with Gasteiger partial charge in [-0.15, -0.1) is 4.98 Å². The highest BCUT2D eigenvalue weighted by atomic mass is 15.2. The Morgan fingerprint density at radius 2 is 1.34 bits per heavy atom. The fourth-order valence-corrected chi connectivity index (χ4v) is 5.26. The van der Waals surface area contributed by atoms with Crippen molar-refractivity contribution in [1.82, 2.24) is 14.0 Å². The van der Waals surface area contributed by atoms with Crippen LogP contribution in [0.25, 0.3) is 49.8 Å². The van der Waals surface area contributed by atoms with Gasteiger partial charge < -0.3 is 0 Å². The van der Waals surface area contributed by atoms with E-state index in [9.17, 15) is 0 Å². The second kappa shape index (κ2) is 6.17. The van der Waals surface area contributed by atoms with Crippen LogP contribution >= 0.6 is 0 Å². The molecule has 0 amide bonds. The molecule has 4 heteroatoms. The highest BCUT2D eigenvalue weighted by molar-refractivity contribution is 6.08. The van der Waals surface area contributed by atoms with Crippen LogP contribution in [0, 0.1) is 13.8 Å². The van der Waals surface area contributed by atoms with E-state index in [-0.39, 0.29) is 0 Å². The molecule has 0 N–H and O–H groups in total. The van der Waals surface area contributed by atoms with Gasteiger partial charge in [0, 0.05) is 17.7 Å². The fraction of sp³-hybridized carbons (Fsp3) is 0.0714. The molecule has 0 spiro atoms. The highest BCUT2D eigenvalue weighted by Gasteiger charge is 2.26. The van der Waals surface area contributed by atoms with Gasteiger partial charge in [-0.2, -0.15) is 4.40 Å². The van der Waals surface area contributed by atoms with Crippen LogP contribution in [-0.2, 0) is 0 Å². The monoisotopic (exact) mass is 413 g/mol. The minimum Gasteiger partial charge on any atom is -0.246 e. The van der Waals surface area contributed by atoms with Crippen LogP contribution in [0.4, 0.5) is 0 Å². The first-order valence-corrected chi connectivity index (χ1v) is 10.9. The molecule has 0 atom stereocenters. The predicted molar refractivity (Wildman–Crippen MR) is 130 cm³/mol. The summed E-state index contributed by atoms with van der Waals surface area (Å²) in [5, 5.41) is 2.45. The summed E-state index contributed by atoms with van der Waals surface area (Å²) in [6.07, 6.45) is 0. The van der Waals surface area contributed by atoms with E-state index >= 15 is 0 Å². The molecule has 0 radical (unpaired) electrons. The van der Waals surface area contributed by atoms with Crippen molar-refractivity contribution in [2.45, 2.75) is 13.8 Å². The molecule has 4 nitrogen and oxygen atoms in total. The summed E-state index contributed by atoms with van der Waals surface area (Å²) in [6, 6.07) is 32.3. The second-order valence-electron chi connectivity index (χ2n) is 8.43. The smallest absolute Gasteiger partial charge is 0.246 e. The summed E-state index contributed by atoms with van der Waals surface area (Å²) >= 11 is 0. The summed E-state index contributed by atoms with van der Waals surface area (Å²) in [4.78, 5) is 5.08. The average Bonchev–Trinajstić information content (AvgIpc) is 3.32. The molecule has 32 heavy (non-hydrogen) atoms. The normalized spacial score (nSPS) is 12.1. The maximum atomic E-state index is 5.08. The molecule has 152 valence electrons. The number of fused-ring (bicyclic) bond motifs is 7. The van der Waals surface area contributed by atoms with E-state index in [1.807, 2.05) is 0 Å². The zero-order valence-electron chi connectivity index (χ0n) is 17.9. The van der Waals surface area contributed by atoms with E-state index in [4.69, 9.17) is 4.98 Å². The Balaban J connectivity index is 1.87. The number of nitrogens with zero attached hydrogens (tertiary/aromatic N) is 4. The summed E-state index contributed by atoms with van der Waals surface area (Å²) in [5.74, 6) is 2.06. The van der Waals surface area contributed by atoms with Crippen molar-refractivity contribution in [3.8, 4) is 5.69 Å². The van der Waals surface area contributed by atoms with Gasteiger partial charge in [0.15, 0.2) is 11.3 Å². The maximum absolute atomic E-state index is 5.08. The molecule has 3 aromatic heterocycles. The quantitative estimate of drug-likeness (QED) is 0.306. The lowest BCUT2D eigenvalue weighted by Gasteiger charge is -2.10. The van der Waals surface area contributed by atoms with E-state index in [2.05, 4.69) is 118 Å². The molecule has 0 unspecified atom stereocenters. The number of hydrogen-bond acceptors (Lipinski definition) is 1. The molecular weight excluding hydrogens is 392 g/mol. The Kier molecular flexibility index (Phi) is 3.37. The SMILES string of the molecule is Cc1ccccc1-n1c(C)[n+]2c3c(cccc3n3c4ccccc4nc32)c2ccccc21. The van der Waals surface area contributed by atoms with Crippen molar-refractivity contribution >= 4 is 44.1 Å². The Hall–Kier alpha value is -4.18. The summed E-state index contributed by atoms with van der Waals surface area (Å²) in [6.45, 7) is 4.37. The third-order valence-electron chi connectivity index (χ3n) is 6.66. The standard InChI is InChI=1S/C28H21N4/c1-18-10-3-6-14-23(18)30-19(2)31-27-21(20-11-4-7-15-24(20)30)12-9-17-26(27)32-25-16-8-5-13-22(25)29-28(31)32/h3-17H,1-2H3/q+1. The number of imidazole rings is 2. The van der Waals surface area contributed by atoms with E-state index in [0.717, 1.165) is 22.6 Å². The van der Waals surface area contributed by atoms with Gasteiger partial charge >= 0.3 is 5.78 Å². The first-order chi connectivity index (χ1) is 15.7. The lowest BCUT2D eigenvalue weighted by molar-refractivity contribution is -0.495. The average molecular weight is 414 g/mol. The van der Waals surface area contributed by atoms with Crippen molar-refractivity contribution in [2.75, 3.05) is 0 Å². The third-order valence-corrected chi connectivity index (χ3v) is 6.66. The van der Waals surface area contributed by atoms with Crippen LogP contribution in [-0.4, -0.2) is 14.0 Å². The van der Waals surface area contributed by atoms with E-state index in [1.165, 1.54) is 38.6 Å². The fourth-order valence-electron chi connectivity index (χ4n) is 5.26. The molecule has 0 saturated heterocycles. The number of hydrogen-bond donors (Lipinski definition) is 0. The molecule has 3 heterocycles. The number of rotatable bonds is 1. The van der Waals surface area contributed by atoms with Crippen LogP contribution in [0.5, 0.6) is 0 Å². The van der Waals surface area contributed by atoms with Crippen LogP contribution in [0.3, 0.4) is 0 Å². The third kappa shape index (κ3) is 2.11. The molecule has 0 fully saturated rings. The second-order valence-corrected chi connectivity index (χ2v) is 8.43. The van der Waals surface area contributed by atoms with Crippen LogP contribution in [0.1, 0.15) is 11.4 Å². The van der Waals surface area contributed by atoms with Crippen molar-refractivity contribution in [3.05, 3.63) is 102 Å². The largest absolute Gasteiger partial charge is 0.365 e. The van der Waals surface area contributed by atoms with Gasteiger partial charge in [0.25, 0.3) is 0 Å².